The smallest absolute Gasteiger partial charge is 0.343 e. The third-order valence-electron chi connectivity index (χ3n) is 3.09. The zero-order valence-electron chi connectivity index (χ0n) is 10.7. The van der Waals surface area contributed by atoms with Crippen molar-refractivity contribution in [2.24, 2.45) is 0 Å². The molecule has 4 nitrogen and oxygen atoms in total. The minimum Gasteiger partial charge on any atom is -0.343 e. The molecule has 0 bridgehead atoms. The molecule has 19 heavy (non-hydrogen) atoms. The Morgan fingerprint density at radius 3 is 2.79 bits per heavy atom. The summed E-state index contributed by atoms with van der Waals surface area (Å²) in [5.74, 6) is -1.03. The zero-order chi connectivity index (χ0) is 13.9. The third kappa shape index (κ3) is 3.56. The van der Waals surface area contributed by atoms with E-state index in [1.54, 1.807) is 0 Å². The summed E-state index contributed by atoms with van der Waals surface area (Å²) in [7, 11) is 0. The lowest BCUT2D eigenvalue weighted by molar-refractivity contribution is -0.144. The minimum atomic E-state index is -4.46. The van der Waals surface area contributed by atoms with Crippen LogP contribution in [0.25, 0.3) is 0 Å². The molecule has 1 N–H and O–H groups in total. The van der Waals surface area contributed by atoms with E-state index in [-0.39, 0.29) is 6.04 Å². The van der Waals surface area contributed by atoms with Gasteiger partial charge in [0.15, 0.2) is 0 Å². The number of halogens is 3. The Morgan fingerprint density at radius 2 is 2.26 bits per heavy atom. The van der Waals surface area contributed by atoms with Gasteiger partial charge in [-0.05, 0) is 25.8 Å². The average molecular weight is 294 g/mol. The van der Waals surface area contributed by atoms with Gasteiger partial charge in [0.2, 0.25) is 11.0 Å². The second-order valence-electron chi connectivity index (χ2n) is 4.59. The van der Waals surface area contributed by atoms with E-state index >= 15 is 0 Å². The Kier molecular flexibility index (Phi) is 4.62. The highest BCUT2D eigenvalue weighted by Crippen LogP contribution is 2.31. The van der Waals surface area contributed by atoms with Crippen LogP contribution in [0.2, 0.25) is 0 Å². The molecule has 1 aliphatic heterocycles. The highest BCUT2D eigenvalue weighted by molar-refractivity contribution is 7.09. The summed E-state index contributed by atoms with van der Waals surface area (Å²) in [5, 5.41) is 3.65. The Labute approximate surface area is 114 Å². The van der Waals surface area contributed by atoms with Gasteiger partial charge >= 0.3 is 6.18 Å². The van der Waals surface area contributed by atoms with E-state index in [2.05, 4.69) is 14.7 Å². The fourth-order valence-electron chi connectivity index (χ4n) is 2.22. The maximum atomic E-state index is 12.5. The number of nitrogens with one attached hydrogen (secondary N) is 1. The van der Waals surface area contributed by atoms with Crippen LogP contribution in [-0.2, 0) is 6.18 Å². The SMILES string of the molecule is CCCN(c1nc(C(F)(F)F)ns1)C1CCCNC1. The molecule has 0 aromatic carbocycles. The summed E-state index contributed by atoms with van der Waals surface area (Å²) < 4.78 is 41.1. The van der Waals surface area contributed by atoms with Crippen molar-refractivity contribution in [2.45, 2.75) is 38.4 Å². The van der Waals surface area contributed by atoms with E-state index in [1.807, 2.05) is 11.8 Å². The van der Waals surface area contributed by atoms with Crippen molar-refractivity contribution in [3.8, 4) is 0 Å². The van der Waals surface area contributed by atoms with Gasteiger partial charge in [0.1, 0.15) is 0 Å². The molecule has 1 aromatic rings. The van der Waals surface area contributed by atoms with Crippen molar-refractivity contribution < 1.29 is 13.2 Å². The molecule has 2 heterocycles. The molecule has 0 spiro atoms. The number of alkyl halides is 3. The monoisotopic (exact) mass is 294 g/mol. The van der Waals surface area contributed by atoms with Crippen molar-refractivity contribution in [3.63, 3.8) is 0 Å². The molecule has 1 unspecified atom stereocenters. The van der Waals surface area contributed by atoms with Crippen LogP contribution in [0.5, 0.6) is 0 Å². The number of rotatable bonds is 4. The van der Waals surface area contributed by atoms with E-state index < -0.39 is 12.0 Å². The first-order chi connectivity index (χ1) is 9.02. The van der Waals surface area contributed by atoms with Gasteiger partial charge in [0.25, 0.3) is 0 Å². The second kappa shape index (κ2) is 6.04. The van der Waals surface area contributed by atoms with Gasteiger partial charge in [-0.15, -0.1) is 0 Å². The molecule has 108 valence electrons. The van der Waals surface area contributed by atoms with Crippen molar-refractivity contribution >= 4 is 16.7 Å². The van der Waals surface area contributed by atoms with Crippen LogP contribution >= 0.6 is 11.5 Å². The standard InChI is InChI=1S/C11H17F3N4S/c1-2-6-18(8-4-3-5-15-7-8)10-16-9(17-19-10)11(12,13)14/h8,15H,2-7H2,1H3. The molecule has 0 aliphatic carbocycles. The normalized spacial score (nSPS) is 20.5. The van der Waals surface area contributed by atoms with Crippen LogP contribution in [0.15, 0.2) is 0 Å². The largest absolute Gasteiger partial charge is 0.452 e. The topological polar surface area (TPSA) is 41.1 Å². The number of aromatic nitrogens is 2. The molecular formula is C11H17F3N4S. The predicted octanol–water partition coefficient (Wildman–Crippen LogP) is 2.53. The molecule has 0 amide bonds. The van der Waals surface area contributed by atoms with Crippen molar-refractivity contribution in [3.05, 3.63) is 5.82 Å². The van der Waals surface area contributed by atoms with Gasteiger partial charge in [-0.3, -0.25) is 0 Å². The molecule has 1 saturated heterocycles. The Balaban J connectivity index is 2.16. The minimum absolute atomic E-state index is 0.211. The molecule has 1 aromatic heterocycles. The maximum absolute atomic E-state index is 12.5. The summed E-state index contributed by atoms with van der Waals surface area (Å²) in [6.07, 6.45) is -1.57. The molecule has 1 fully saturated rings. The summed E-state index contributed by atoms with van der Waals surface area (Å²) in [5.41, 5.74) is 0. The summed E-state index contributed by atoms with van der Waals surface area (Å²) in [4.78, 5) is 5.61. The van der Waals surface area contributed by atoms with E-state index in [9.17, 15) is 13.2 Å². The number of nitrogens with zero attached hydrogens (tertiary/aromatic N) is 3. The second-order valence-corrected chi connectivity index (χ2v) is 5.32. The van der Waals surface area contributed by atoms with Crippen LogP contribution < -0.4 is 10.2 Å². The first-order valence-electron chi connectivity index (χ1n) is 6.40. The van der Waals surface area contributed by atoms with Crippen LogP contribution in [-0.4, -0.2) is 35.0 Å². The lowest BCUT2D eigenvalue weighted by Crippen LogP contribution is -2.46. The van der Waals surface area contributed by atoms with Gasteiger partial charge < -0.3 is 10.2 Å². The lowest BCUT2D eigenvalue weighted by atomic mass is 10.1. The fraction of sp³-hybridized carbons (Fsp3) is 0.818. The van der Waals surface area contributed by atoms with Crippen molar-refractivity contribution in [2.75, 3.05) is 24.5 Å². The molecule has 0 radical (unpaired) electrons. The molecule has 0 saturated carbocycles. The van der Waals surface area contributed by atoms with E-state index in [0.717, 1.165) is 43.9 Å². The van der Waals surface area contributed by atoms with Gasteiger partial charge in [-0.2, -0.15) is 22.5 Å². The highest BCUT2D eigenvalue weighted by Gasteiger charge is 2.37. The number of hydrogen-bond acceptors (Lipinski definition) is 5. The van der Waals surface area contributed by atoms with Crippen LogP contribution in [0.4, 0.5) is 18.3 Å². The third-order valence-corrected chi connectivity index (χ3v) is 3.84. The number of anilines is 1. The number of piperidine rings is 1. The van der Waals surface area contributed by atoms with Gasteiger partial charge in [-0.1, -0.05) is 6.92 Å². The van der Waals surface area contributed by atoms with E-state index in [0.29, 0.717) is 11.7 Å². The van der Waals surface area contributed by atoms with Crippen LogP contribution in [0.3, 0.4) is 0 Å². The van der Waals surface area contributed by atoms with Gasteiger partial charge in [0.05, 0.1) is 0 Å². The van der Waals surface area contributed by atoms with Crippen molar-refractivity contribution in [1.29, 1.82) is 0 Å². The molecular weight excluding hydrogens is 277 g/mol. The number of hydrogen-bond donors (Lipinski definition) is 1. The quantitative estimate of drug-likeness (QED) is 0.926. The first kappa shape index (κ1) is 14.5. The predicted molar refractivity (Wildman–Crippen MR) is 68.4 cm³/mol. The Bertz CT molecular complexity index is 401. The van der Waals surface area contributed by atoms with Gasteiger partial charge in [-0.25, -0.2) is 0 Å². The van der Waals surface area contributed by atoms with E-state index in [4.69, 9.17) is 0 Å². The van der Waals surface area contributed by atoms with Crippen LogP contribution in [0, 0.1) is 0 Å². The van der Waals surface area contributed by atoms with E-state index in [1.165, 1.54) is 0 Å². The highest BCUT2D eigenvalue weighted by atomic mass is 32.1. The molecule has 2 rings (SSSR count). The zero-order valence-corrected chi connectivity index (χ0v) is 11.5. The maximum Gasteiger partial charge on any atom is 0.452 e. The summed E-state index contributed by atoms with van der Waals surface area (Å²) in [6, 6.07) is 0.211. The van der Waals surface area contributed by atoms with Gasteiger partial charge in [0, 0.05) is 30.7 Å². The molecule has 1 aliphatic rings. The lowest BCUT2D eigenvalue weighted by Gasteiger charge is -2.34. The fourth-order valence-corrected chi connectivity index (χ4v) is 3.01. The average Bonchev–Trinajstić information content (AvgIpc) is 2.86. The Morgan fingerprint density at radius 1 is 1.47 bits per heavy atom. The summed E-state index contributed by atoms with van der Waals surface area (Å²) >= 11 is 0.835. The molecule has 8 heteroatoms. The van der Waals surface area contributed by atoms with Crippen molar-refractivity contribution in [1.82, 2.24) is 14.7 Å². The Hall–Kier alpha value is -0.890. The summed E-state index contributed by atoms with van der Waals surface area (Å²) in [6.45, 7) is 4.48. The first-order valence-corrected chi connectivity index (χ1v) is 7.18. The molecule has 1 atom stereocenters. The van der Waals surface area contributed by atoms with Crippen LogP contribution in [0.1, 0.15) is 32.0 Å².